The largest absolute Gasteiger partial charge is 0.495 e. The highest BCUT2D eigenvalue weighted by atomic mass is 35.5. The Hall–Kier alpha value is -0.930. The van der Waals surface area contributed by atoms with E-state index in [1.807, 2.05) is 12.1 Å². The van der Waals surface area contributed by atoms with Gasteiger partial charge in [-0.2, -0.15) is 0 Å². The van der Waals surface area contributed by atoms with E-state index in [9.17, 15) is 0 Å². The summed E-state index contributed by atoms with van der Waals surface area (Å²) in [6.07, 6.45) is 1.12. The van der Waals surface area contributed by atoms with Crippen molar-refractivity contribution in [3.8, 4) is 5.75 Å². The minimum Gasteiger partial charge on any atom is -0.495 e. The summed E-state index contributed by atoms with van der Waals surface area (Å²) in [7, 11) is 1.64. The number of nitrogens with one attached hydrogen (secondary N) is 1. The average Bonchev–Trinajstić information content (AvgIpc) is 2.39. The van der Waals surface area contributed by atoms with Crippen LogP contribution >= 0.6 is 11.6 Å². The number of hydrogen-bond donors (Lipinski definition) is 1. The molecule has 1 saturated heterocycles. The third-order valence-electron chi connectivity index (χ3n) is 3.75. The monoisotopic (exact) mass is 268 g/mol. The Balaban J connectivity index is 2.18. The summed E-state index contributed by atoms with van der Waals surface area (Å²) in [5.74, 6) is 0.730. The van der Waals surface area contributed by atoms with E-state index >= 15 is 0 Å². The van der Waals surface area contributed by atoms with E-state index in [1.54, 1.807) is 7.11 Å². The van der Waals surface area contributed by atoms with Crippen LogP contribution in [0.3, 0.4) is 0 Å². The molecule has 4 heteroatoms. The Morgan fingerprint density at radius 2 is 2.28 bits per heavy atom. The molecular formula is C14H21ClN2O. The molecule has 0 spiro atoms. The van der Waals surface area contributed by atoms with E-state index in [1.165, 1.54) is 5.69 Å². The molecular weight excluding hydrogens is 248 g/mol. The summed E-state index contributed by atoms with van der Waals surface area (Å²) in [5, 5.41) is 4.26. The number of rotatable bonds is 3. The van der Waals surface area contributed by atoms with Crippen LogP contribution in [0.5, 0.6) is 5.75 Å². The van der Waals surface area contributed by atoms with Crippen LogP contribution in [0.15, 0.2) is 18.2 Å². The van der Waals surface area contributed by atoms with Gasteiger partial charge in [0.25, 0.3) is 0 Å². The van der Waals surface area contributed by atoms with Crippen molar-refractivity contribution >= 4 is 17.3 Å². The molecule has 1 heterocycles. The number of ether oxygens (including phenoxy) is 1. The molecule has 1 aromatic carbocycles. The standard InChI is InChI=1S/C14H21ClN2O/c1-4-14(2)10-17(8-7-16-14)11-5-6-13(18-3)12(15)9-11/h5-6,9,16H,4,7-8,10H2,1-3H3. The number of benzene rings is 1. The van der Waals surface area contributed by atoms with Crippen molar-refractivity contribution in [1.29, 1.82) is 0 Å². The van der Waals surface area contributed by atoms with Gasteiger partial charge in [0.05, 0.1) is 12.1 Å². The molecule has 0 saturated carbocycles. The maximum atomic E-state index is 6.19. The van der Waals surface area contributed by atoms with Crippen LogP contribution in [0.25, 0.3) is 0 Å². The second-order valence-electron chi connectivity index (χ2n) is 5.08. The summed E-state index contributed by atoms with van der Waals surface area (Å²) in [5.41, 5.74) is 1.35. The van der Waals surface area contributed by atoms with Crippen LogP contribution in [-0.2, 0) is 0 Å². The molecule has 1 aromatic rings. The normalized spacial score (nSPS) is 24.1. The molecule has 3 nitrogen and oxygen atoms in total. The summed E-state index contributed by atoms with van der Waals surface area (Å²) >= 11 is 6.19. The van der Waals surface area contributed by atoms with Gasteiger partial charge in [0, 0.05) is 30.9 Å². The van der Waals surface area contributed by atoms with E-state index < -0.39 is 0 Å². The lowest BCUT2D eigenvalue weighted by molar-refractivity contribution is 0.314. The minimum absolute atomic E-state index is 0.185. The Bertz CT molecular complexity index is 424. The highest BCUT2D eigenvalue weighted by Crippen LogP contribution is 2.30. The van der Waals surface area contributed by atoms with E-state index in [2.05, 4.69) is 30.1 Å². The van der Waals surface area contributed by atoms with Crippen LogP contribution in [0, 0.1) is 0 Å². The number of hydrogen-bond acceptors (Lipinski definition) is 3. The molecule has 100 valence electrons. The molecule has 1 unspecified atom stereocenters. The molecule has 1 aliphatic rings. The van der Waals surface area contributed by atoms with Gasteiger partial charge in [-0.3, -0.25) is 0 Å². The predicted octanol–water partition coefficient (Wildman–Crippen LogP) is 2.93. The first-order valence-corrected chi connectivity index (χ1v) is 6.79. The van der Waals surface area contributed by atoms with E-state index in [-0.39, 0.29) is 5.54 Å². The van der Waals surface area contributed by atoms with Crippen molar-refractivity contribution in [1.82, 2.24) is 5.32 Å². The van der Waals surface area contributed by atoms with Gasteiger partial charge in [-0.25, -0.2) is 0 Å². The fourth-order valence-corrected chi connectivity index (χ4v) is 2.61. The number of halogens is 1. The van der Waals surface area contributed by atoms with Gasteiger partial charge in [0.2, 0.25) is 0 Å². The Kier molecular flexibility index (Phi) is 4.03. The SMILES string of the molecule is CCC1(C)CN(c2ccc(OC)c(Cl)c2)CCN1. The fraction of sp³-hybridized carbons (Fsp3) is 0.571. The number of piperazine rings is 1. The summed E-state index contributed by atoms with van der Waals surface area (Å²) in [4.78, 5) is 2.38. The molecule has 2 rings (SSSR count). The third kappa shape index (κ3) is 2.73. The predicted molar refractivity (Wildman–Crippen MR) is 76.9 cm³/mol. The molecule has 0 aliphatic carbocycles. The maximum absolute atomic E-state index is 6.19. The van der Waals surface area contributed by atoms with Crippen LogP contribution in [-0.4, -0.2) is 32.3 Å². The quantitative estimate of drug-likeness (QED) is 0.912. The topological polar surface area (TPSA) is 24.5 Å². The van der Waals surface area contributed by atoms with Gasteiger partial charge in [-0.1, -0.05) is 18.5 Å². The minimum atomic E-state index is 0.185. The van der Waals surface area contributed by atoms with Crippen molar-refractivity contribution < 1.29 is 4.74 Å². The molecule has 1 aliphatic heterocycles. The number of nitrogens with zero attached hydrogens (tertiary/aromatic N) is 1. The lowest BCUT2D eigenvalue weighted by Gasteiger charge is -2.42. The first-order chi connectivity index (χ1) is 8.58. The Morgan fingerprint density at radius 1 is 1.50 bits per heavy atom. The average molecular weight is 269 g/mol. The second kappa shape index (κ2) is 5.37. The lowest BCUT2D eigenvalue weighted by Crippen LogP contribution is -2.58. The maximum Gasteiger partial charge on any atom is 0.137 e. The number of anilines is 1. The molecule has 0 radical (unpaired) electrons. The van der Waals surface area contributed by atoms with Gasteiger partial charge < -0.3 is 15.0 Å². The van der Waals surface area contributed by atoms with Gasteiger partial charge >= 0.3 is 0 Å². The molecule has 0 aromatic heterocycles. The second-order valence-corrected chi connectivity index (χ2v) is 5.49. The molecule has 1 fully saturated rings. The van der Waals surface area contributed by atoms with Crippen LogP contribution in [0.1, 0.15) is 20.3 Å². The lowest BCUT2D eigenvalue weighted by atomic mass is 9.95. The van der Waals surface area contributed by atoms with Gasteiger partial charge in [0.15, 0.2) is 0 Å². The van der Waals surface area contributed by atoms with Crippen molar-refractivity contribution in [3.63, 3.8) is 0 Å². The first-order valence-electron chi connectivity index (χ1n) is 6.41. The van der Waals surface area contributed by atoms with Crippen molar-refractivity contribution in [2.45, 2.75) is 25.8 Å². The highest BCUT2D eigenvalue weighted by Gasteiger charge is 2.28. The Morgan fingerprint density at radius 3 is 2.89 bits per heavy atom. The third-order valence-corrected chi connectivity index (χ3v) is 4.05. The van der Waals surface area contributed by atoms with Crippen molar-refractivity contribution in [2.24, 2.45) is 0 Å². The zero-order valence-corrected chi connectivity index (χ0v) is 12.0. The molecule has 1 atom stereocenters. The molecule has 0 bridgehead atoms. The van der Waals surface area contributed by atoms with Crippen LogP contribution in [0.4, 0.5) is 5.69 Å². The summed E-state index contributed by atoms with van der Waals surface area (Å²) in [6, 6.07) is 6.00. The Labute approximate surface area is 114 Å². The van der Waals surface area contributed by atoms with Gasteiger partial charge in [0.1, 0.15) is 5.75 Å². The highest BCUT2D eigenvalue weighted by molar-refractivity contribution is 6.32. The van der Waals surface area contributed by atoms with Gasteiger partial charge in [-0.05, 0) is 31.5 Å². The summed E-state index contributed by atoms with van der Waals surface area (Å²) in [6.45, 7) is 7.51. The van der Waals surface area contributed by atoms with Crippen LogP contribution < -0.4 is 15.0 Å². The van der Waals surface area contributed by atoms with E-state index in [4.69, 9.17) is 16.3 Å². The van der Waals surface area contributed by atoms with E-state index in [0.29, 0.717) is 5.02 Å². The first kappa shape index (κ1) is 13.5. The zero-order chi connectivity index (χ0) is 13.2. The molecule has 1 N–H and O–H groups in total. The van der Waals surface area contributed by atoms with E-state index in [0.717, 1.165) is 31.8 Å². The molecule has 18 heavy (non-hydrogen) atoms. The summed E-state index contributed by atoms with van der Waals surface area (Å²) < 4.78 is 5.19. The van der Waals surface area contributed by atoms with Gasteiger partial charge in [-0.15, -0.1) is 0 Å². The van der Waals surface area contributed by atoms with Crippen molar-refractivity contribution in [3.05, 3.63) is 23.2 Å². The van der Waals surface area contributed by atoms with Crippen molar-refractivity contribution in [2.75, 3.05) is 31.6 Å². The van der Waals surface area contributed by atoms with Crippen LogP contribution in [0.2, 0.25) is 5.02 Å². The fourth-order valence-electron chi connectivity index (χ4n) is 2.36. The molecule has 0 amide bonds. The number of methoxy groups -OCH3 is 1. The zero-order valence-electron chi connectivity index (χ0n) is 11.3. The smallest absolute Gasteiger partial charge is 0.137 e.